The predicted octanol–water partition coefficient (Wildman–Crippen LogP) is 18.2. The van der Waals surface area contributed by atoms with Crippen LogP contribution in [0, 0.1) is 0 Å². The highest BCUT2D eigenvalue weighted by atomic mass is 15.2. The number of hydrogen-bond donors (Lipinski definition) is 0. The first-order valence-electron chi connectivity index (χ1n) is 23.3. The Balaban J connectivity index is 1.27. The molecule has 66 heavy (non-hydrogen) atoms. The van der Waals surface area contributed by atoms with Crippen LogP contribution in [0.1, 0.15) is 51.3 Å². The maximum Gasteiger partial charge on any atom is 0.0619 e. The molecular formula is C65H53N. The minimum atomic E-state index is -0.129. The summed E-state index contributed by atoms with van der Waals surface area (Å²) >= 11 is 0. The third-order valence-corrected chi connectivity index (χ3v) is 13.8. The number of nitrogens with zero attached hydrogens (tertiary/aromatic N) is 1. The fraction of sp³-hybridized carbons (Fsp3) is 0.108. The molecule has 0 unspecified atom stereocenters. The largest absolute Gasteiger partial charge is 0.309 e. The van der Waals surface area contributed by atoms with Gasteiger partial charge in [-0.2, -0.15) is 0 Å². The summed E-state index contributed by atoms with van der Waals surface area (Å²) in [5.41, 5.74) is 21.6. The van der Waals surface area contributed by atoms with Gasteiger partial charge >= 0.3 is 0 Å². The number of rotatable bonds is 8. The van der Waals surface area contributed by atoms with Crippen LogP contribution in [0.3, 0.4) is 0 Å². The molecule has 0 spiro atoms. The summed E-state index contributed by atoms with van der Waals surface area (Å²) < 4.78 is 0. The monoisotopic (exact) mass is 847 g/mol. The molecule has 0 heterocycles. The molecule has 10 aromatic carbocycles. The first-order chi connectivity index (χ1) is 32.1. The van der Waals surface area contributed by atoms with Crippen LogP contribution in [0.15, 0.2) is 231 Å². The van der Waals surface area contributed by atoms with Crippen molar-refractivity contribution in [3.63, 3.8) is 0 Å². The van der Waals surface area contributed by atoms with Gasteiger partial charge < -0.3 is 4.90 Å². The molecule has 0 bridgehead atoms. The van der Waals surface area contributed by atoms with Crippen LogP contribution >= 0.6 is 0 Å². The molecular weight excluding hydrogens is 795 g/mol. The zero-order chi connectivity index (χ0) is 45.0. The molecule has 0 saturated carbocycles. The zero-order valence-corrected chi connectivity index (χ0v) is 38.4. The molecule has 0 saturated heterocycles. The normalized spacial score (nSPS) is 12.7. The van der Waals surface area contributed by atoms with E-state index in [1.165, 1.54) is 72.0 Å². The molecule has 1 aliphatic rings. The van der Waals surface area contributed by atoms with Crippen molar-refractivity contribution in [1.82, 2.24) is 0 Å². The first-order valence-corrected chi connectivity index (χ1v) is 23.3. The molecule has 0 N–H and O–H groups in total. The van der Waals surface area contributed by atoms with Gasteiger partial charge in [0, 0.05) is 27.8 Å². The average Bonchev–Trinajstić information content (AvgIpc) is 3.59. The highest BCUT2D eigenvalue weighted by molar-refractivity contribution is 6.09. The first kappa shape index (κ1) is 41.0. The lowest BCUT2D eigenvalue weighted by Gasteiger charge is -2.34. The van der Waals surface area contributed by atoms with Gasteiger partial charge in [-0.3, -0.25) is 0 Å². The van der Waals surface area contributed by atoms with Gasteiger partial charge in [-0.15, -0.1) is 0 Å². The summed E-state index contributed by atoms with van der Waals surface area (Å²) in [5, 5.41) is 2.41. The Labute approximate surface area is 390 Å². The SMILES string of the molecule is CC(C)(C)c1ccc(-c2cc(-c3ccccc3)c(N(c3ccc4c(c3)-c3ccccc3C4(C)C)c3ccc4ccccc4c3-c3cccc(-c4ccccc4)c3)c(-c3ccccc3)c2)cc1. The molecule has 1 heteroatoms. The van der Waals surface area contributed by atoms with E-state index < -0.39 is 0 Å². The molecule has 0 fully saturated rings. The summed E-state index contributed by atoms with van der Waals surface area (Å²) in [7, 11) is 0. The van der Waals surface area contributed by atoms with E-state index in [1.807, 2.05) is 0 Å². The maximum atomic E-state index is 2.59. The van der Waals surface area contributed by atoms with Gasteiger partial charge in [0.25, 0.3) is 0 Å². The van der Waals surface area contributed by atoms with Gasteiger partial charge in [0.15, 0.2) is 0 Å². The van der Waals surface area contributed by atoms with Crippen LogP contribution < -0.4 is 4.90 Å². The number of benzene rings is 10. The van der Waals surface area contributed by atoms with E-state index in [0.717, 1.165) is 39.3 Å². The van der Waals surface area contributed by atoms with Crippen LogP contribution in [0.5, 0.6) is 0 Å². The molecule has 11 rings (SSSR count). The van der Waals surface area contributed by atoms with Gasteiger partial charge in [0.2, 0.25) is 0 Å². The Morgan fingerprint density at radius 3 is 1.58 bits per heavy atom. The van der Waals surface area contributed by atoms with Crippen LogP contribution in [0.2, 0.25) is 0 Å². The highest BCUT2D eigenvalue weighted by Crippen LogP contribution is 2.55. The number of fused-ring (bicyclic) bond motifs is 4. The van der Waals surface area contributed by atoms with Crippen LogP contribution in [-0.4, -0.2) is 0 Å². The van der Waals surface area contributed by atoms with Crippen LogP contribution in [-0.2, 0) is 10.8 Å². The third-order valence-electron chi connectivity index (χ3n) is 13.8. The Morgan fingerprint density at radius 1 is 0.364 bits per heavy atom. The number of hydrogen-bond acceptors (Lipinski definition) is 1. The molecule has 318 valence electrons. The van der Waals surface area contributed by atoms with Crippen LogP contribution in [0.25, 0.3) is 77.5 Å². The van der Waals surface area contributed by atoms with E-state index in [4.69, 9.17) is 0 Å². The van der Waals surface area contributed by atoms with E-state index in [-0.39, 0.29) is 10.8 Å². The van der Waals surface area contributed by atoms with Crippen molar-refractivity contribution >= 4 is 27.8 Å². The van der Waals surface area contributed by atoms with Gasteiger partial charge in [-0.1, -0.05) is 229 Å². The van der Waals surface area contributed by atoms with Crippen molar-refractivity contribution in [3.05, 3.63) is 247 Å². The molecule has 0 aromatic heterocycles. The maximum absolute atomic E-state index is 2.59. The van der Waals surface area contributed by atoms with E-state index in [2.05, 4.69) is 270 Å². The van der Waals surface area contributed by atoms with Crippen LogP contribution in [0.4, 0.5) is 17.1 Å². The van der Waals surface area contributed by atoms with Crippen molar-refractivity contribution in [1.29, 1.82) is 0 Å². The van der Waals surface area contributed by atoms with Gasteiger partial charge in [-0.05, 0) is 119 Å². The number of anilines is 3. The molecule has 0 radical (unpaired) electrons. The molecule has 0 aliphatic heterocycles. The summed E-state index contributed by atoms with van der Waals surface area (Å²) in [6.45, 7) is 11.6. The zero-order valence-electron chi connectivity index (χ0n) is 38.4. The second-order valence-electron chi connectivity index (χ2n) is 19.3. The Hall–Kier alpha value is -7.74. The van der Waals surface area contributed by atoms with Crippen molar-refractivity contribution in [2.24, 2.45) is 0 Å². The molecule has 1 aliphatic carbocycles. The molecule has 10 aromatic rings. The van der Waals surface area contributed by atoms with Crippen molar-refractivity contribution < 1.29 is 0 Å². The van der Waals surface area contributed by atoms with Gasteiger partial charge in [-0.25, -0.2) is 0 Å². The smallest absolute Gasteiger partial charge is 0.0619 e. The summed E-state index contributed by atoms with van der Waals surface area (Å²) in [5.74, 6) is 0. The quantitative estimate of drug-likeness (QED) is 0.147. The van der Waals surface area contributed by atoms with E-state index >= 15 is 0 Å². The lowest BCUT2D eigenvalue weighted by molar-refractivity contribution is 0.590. The second kappa shape index (κ2) is 16.4. The van der Waals surface area contributed by atoms with Crippen molar-refractivity contribution in [3.8, 4) is 66.8 Å². The van der Waals surface area contributed by atoms with Crippen molar-refractivity contribution in [2.45, 2.75) is 45.4 Å². The standard InChI is InChI=1S/C65H53N/c1-64(2,3)52-35-32-45(33-36-52)51-41-56(46-22-11-7-12-23-46)63(57(42-51)47-24-13-8-14-25-47)66(53-37-38-60-58(43-53)55-30-17-18-31-59(55)65(60,4)5)61-39-34-48-26-15-16-29-54(48)62(61)50-28-19-27-49(40-50)44-20-9-6-10-21-44/h6-43H,1-5H3. The molecule has 1 nitrogen and oxygen atoms in total. The minimum absolute atomic E-state index is 0.0526. The lowest BCUT2D eigenvalue weighted by atomic mass is 9.82. The predicted molar refractivity (Wildman–Crippen MR) is 282 cm³/mol. The average molecular weight is 848 g/mol. The fourth-order valence-corrected chi connectivity index (χ4v) is 10.4. The van der Waals surface area contributed by atoms with E-state index in [0.29, 0.717) is 0 Å². The fourth-order valence-electron chi connectivity index (χ4n) is 10.4. The summed E-state index contributed by atoms with van der Waals surface area (Å²) in [6.07, 6.45) is 0. The van der Waals surface area contributed by atoms with Crippen molar-refractivity contribution in [2.75, 3.05) is 4.90 Å². The Kier molecular flexibility index (Phi) is 10.2. The van der Waals surface area contributed by atoms with E-state index in [9.17, 15) is 0 Å². The highest BCUT2D eigenvalue weighted by Gasteiger charge is 2.36. The summed E-state index contributed by atoms with van der Waals surface area (Å²) in [4.78, 5) is 2.59. The lowest BCUT2D eigenvalue weighted by Crippen LogP contribution is -2.16. The summed E-state index contributed by atoms with van der Waals surface area (Å²) in [6, 6.07) is 85.6. The second-order valence-corrected chi connectivity index (χ2v) is 19.3. The Bertz CT molecular complexity index is 3330. The Morgan fingerprint density at radius 2 is 0.909 bits per heavy atom. The molecule has 0 amide bonds. The third kappa shape index (κ3) is 7.22. The topological polar surface area (TPSA) is 3.24 Å². The molecule has 0 atom stereocenters. The van der Waals surface area contributed by atoms with E-state index in [1.54, 1.807) is 0 Å². The minimum Gasteiger partial charge on any atom is -0.309 e. The van der Waals surface area contributed by atoms with Gasteiger partial charge in [0.1, 0.15) is 0 Å². The van der Waals surface area contributed by atoms with Gasteiger partial charge in [0.05, 0.1) is 11.4 Å².